The lowest BCUT2D eigenvalue weighted by atomic mass is 10.1. The van der Waals surface area contributed by atoms with Crippen LogP contribution >= 0.6 is 11.6 Å². The highest BCUT2D eigenvalue weighted by Gasteiger charge is 2.17. The summed E-state index contributed by atoms with van der Waals surface area (Å²) in [6.45, 7) is 6.11. The van der Waals surface area contributed by atoms with E-state index in [1.54, 1.807) is 18.2 Å². The van der Waals surface area contributed by atoms with E-state index >= 15 is 0 Å². The molecule has 0 bridgehead atoms. The van der Waals surface area contributed by atoms with Crippen LogP contribution in [0.1, 0.15) is 37.6 Å². The Labute approximate surface area is 106 Å². The fourth-order valence-electron chi connectivity index (χ4n) is 1.74. The third kappa shape index (κ3) is 3.93. The molecule has 94 valence electrons. The Morgan fingerprint density at radius 2 is 2.06 bits per heavy atom. The molecular formula is C13H17ClO3. The fraction of sp³-hybridized carbons (Fsp3) is 0.462. The van der Waals surface area contributed by atoms with Crippen molar-refractivity contribution in [2.75, 3.05) is 0 Å². The molecule has 1 rings (SSSR count). The van der Waals surface area contributed by atoms with Gasteiger partial charge in [-0.25, -0.2) is 4.79 Å². The van der Waals surface area contributed by atoms with Crippen molar-refractivity contribution in [3.05, 3.63) is 28.8 Å². The minimum Gasteiger partial charge on any atom is -0.490 e. The van der Waals surface area contributed by atoms with Crippen LogP contribution in [0.4, 0.5) is 0 Å². The molecule has 0 aliphatic carbocycles. The molecule has 0 aliphatic rings. The molecule has 0 fully saturated rings. The predicted molar refractivity (Wildman–Crippen MR) is 68.0 cm³/mol. The van der Waals surface area contributed by atoms with Crippen molar-refractivity contribution in [3.63, 3.8) is 0 Å². The molecule has 0 aromatic heterocycles. The van der Waals surface area contributed by atoms with Crippen molar-refractivity contribution >= 4 is 17.6 Å². The van der Waals surface area contributed by atoms with Gasteiger partial charge in [0.2, 0.25) is 0 Å². The summed E-state index contributed by atoms with van der Waals surface area (Å²) in [7, 11) is 0. The maximum atomic E-state index is 11.1. The zero-order valence-electron chi connectivity index (χ0n) is 10.2. The standard InChI is InChI=1S/C13H17ClO3/c1-8(2)7-9(3)17-11-6-4-5-10(14)12(11)13(15)16/h4-6,8-9H,7H2,1-3H3,(H,15,16). The predicted octanol–water partition coefficient (Wildman–Crippen LogP) is 3.85. The normalized spacial score (nSPS) is 12.5. The first-order valence-corrected chi connectivity index (χ1v) is 5.98. The van der Waals surface area contributed by atoms with Crippen LogP contribution in [0.25, 0.3) is 0 Å². The van der Waals surface area contributed by atoms with E-state index in [2.05, 4.69) is 13.8 Å². The number of aromatic carboxylic acids is 1. The maximum absolute atomic E-state index is 11.1. The summed E-state index contributed by atoms with van der Waals surface area (Å²) in [5.74, 6) is -0.238. The largest absolute Gasteiger partial charge is 0.490 e. The zero-order chi connectivity index (χ0) is 13.0. The zero-order valence-corrected chi connectivity index (χ0v) is 11.0. The Morgan fingerprint density at radius 1 is 1.41 bits per heavy atom. The molecule has 0 heterocycles. The second kappa shape index (κ2) is 5.92. The van der Waals surface area contributed by atoms with Gasteiger partial charge in [0.05, 0.1) is 11.1 Å². The second-order valence-corrected chi connectivity index (χ2v) is 4.88. The van der Waals surface area contributed by atoms with E-state index in [4.69, 9.17) is 21.4 Å². The van der Waals surface area contributed by atoms with Gasteiger partial charge in [-0.05, 0) is 31.4 Å². The average Bonchev–Trinajstić information content (AvgIpc) is 2.15. The van der Waals surface area contributed by atoms with Gasteiger partial charge in [0, 0.05) is 0 Å². The molecule has 0 saturated heterocycles. The van der Waals surface area contributed by atoms with E-state index in [0.29, 0.717) is 11.7 Å². The Balaban J connectivity index is 2.91. The van der Waals surface area contributed by atoms with Gasteiger partial charge in [0.25, 0.3) is 0 Å². The van der Waals surface area contributed by atoms with Gasteiger partial charge in [-0.2, -0.15) is 0 Å². The van der Waals surface area contributed by atoms with E-state index in [1.807, 2.05) is 6.92 Å². The minimum absolute atomic E-state index is 0.0322. The summed E-state index contributed by atoms with van der Waals surface area (Å²) in [6, 6.07) is 4.86. The van der Waals surface area contributed by atoms with E-state index < -0.39 is 5.97 Å². The highest BCUT2D eigenvalue weighted by molar-refractivity contribution is 6.33. The van der Waals surface area contributed by atoms with Crippen LogP contribution in [0.3, 0.4) is 0 Å². The molecule has 0 amide bonds. The van der Waals surface area contributed by atoms with Gasteiger partial charge in [0.1, 0.15) is 11.3 Å². The Morgan fingerprint density at radius 3 is 2.59 bits per heavy atom. The Kier molecular flexibility index (Phi) is 4.82. The van der Waals surface area contributed by atoms with E-state index in [0.717, 1.165) is 6.42 Å². The number of carbonyl (C=O) groups is 1. The number of benzene rings is 1. The first-order chi connectivity index (χ1) is 7.91. The van der Waals surface area contributed by atoms with Crippen LogP contribution in [-0.2, 0) is 0 Å². The quantitative estimate of drug-likeness (QED) is 0.870. The number of rotatable bonds is 5. The lowest BCUT2D eigenvalue weighted by Crippen LogP contribution is -2.16. The van der Waals surface area contributed by atoms with Gasteiger partial charge < -0.3 is 9.84 Å². The van der Waals surface area contributed by atoms with Gasteiger partial charge in [-0.1, -0.05) is 31.5 Å². The Hall–Kier alpha value is -1.22. The van der Waals surface area contributed by atoms with Crippen molar-refractivity contribution in [1.82, 2.24) is 0 Å². The molecule has 3 nitrogen and oxygen atoms in total. The topological polar surface area (TPSA) is 46.5 Å². The van der Waals surface area contributed by atoms with E-state index in [-0.39, 0.29) is 16.7 Å². The summed E-state index contributed by atoms with van der Waals surface area (Å²) in [4.78, 5) is 11.1. The van der Waals surface area contributed by atoms with Crippen LogP contribution in [0.2, 0.25) is 5.02 Å². The third-order valence-corrected chi connectivity index (χ3v) is 2.64. The molecule has 1 unspecified atom stereocenters. The van der Waals surface area contributed by atoms with Gasteiger partial charge >= 0.3 is 5.97 Å². The third-order valence-electron chi connectivity index (χ3n) is 2.32. The fourth-order valence-corrected chi connectivity index (χ4v) is 1.99. The monoisotopic (exact) mass is 256 g/mol. The Bertz CT molecular complexity index is 402. The molecule has 1 aromatic carbocycles. The first kappa shape index (κ1) is 13.8. The first-order valence-electron chi connectivity index (χ1n) is 5.60. The summed E-state index contributed by atoms with van der Waals surface area (Å²) < 4.78 is 5.63. The molecule has 4 heteroatoms. The number of carboxylic acids is 1. The molecule has 1 aromatic rings. The minimum atomic E-state index is -1.07. The van der Waals surface area contributed by atoms with Crippen LogP contribution in [-0.4, -0.2) is 17.2 Å². The van der Waals surface area contributed by atoms with Crippen LogP contribution < -0.4 is 4.74 Å². The van der Waals surface area contributed by atoms with Crippen LogP contribution in [0.5, 0.6) is 5.75 Å². The molecule has 1 atom stereocenters. The second-order valence-electron chi connectivity index (χ2n) is 4.48. The van der Waals surface area contributed by atoms with Gasteiger partial charge in [-0.3, -0.25) is 0 Å². The van der Waals surface area contributed by atoms with Crippen molar-refractivity contribution in [1.29, 1.82) is 0 Å². The highest BCUT2D eigenvalue weighted by Crippen LogP contribution is 2.27. The molecule has 1 N–H and O–H groups in total. The van der Waals surface area contributed by atoms with Crippen molar-refractivity contribution in [2.24, 2.45) is 5.92 Å². The number of hydrogen-bond acceptors (Lipinski definition) is 2. The smallest absolute Gasteiger partial charge is 0.341 e. The number of ether oxygens (including phenoxy) is 1. The van der Waals surface area contributed by atoms with Crippen molar-refractivity contribution in [3.8, 4) is 5.75 Å². The number of hydrogen-bond donors (Lipinski definition) is 1. The van der Waals surface area contributed by atoms with E-state index in [1.165, 1.54) is 0 Å². The van der Waals surface area contributed by atoms with Crippen LogP contribution in [0.15, 0.2) is 18.2 Å². The molecule has 0 saturated carbocycles. The molecule has 0 radical (unpaired) electrons. The van der Waals surface area contributed by atoms with Gasteiger partial charge in [0.15, 0.2) is 0 Å². The number of halogens is 1. The average molecular weight is 257 g/mol. The summed E-state index contributed by atoms with van der Waals surface area (Å²) in [6.07, 6.45) is 0.831. The summed E-state index contributed by atoms with van der Waals surface area (Å²) in [5.41, 5.74) is 0.0322. The molecule has 17 heavy (non-hydrogen) atoms. The van der Waals surface area contributed by atoms with Crippen LogP contribution in [0, 0.1) is 5.92 Å². The van der Waals surface area contributed by atoms with Crippen molar-refractivity contribution < 1.29 is 14.6 Å². The number of carboxylic acid groups (broad SMARTS) is 1. The molecular weight excluding hydrogens is 240 g/mol. The molecule has 0 aliphatic heterocycles. The molecule has 0 spiro atoms. The SMILES string of the molecule is CC(C)CC(C)Oc1cccc(Cl)c1C(=O)O. The lowest BCUT2D eigenvalue weighted by Gasteiger charge is -2.18. The lowest BCUT2D eigenvalue weighted by molar-refractivity contribution is 0.0689. The maximum Gasteiger partial charge on any atom is 0.341 e. The van der Waals surface area contributed by atoms with Crippen molar-refractivity contribution in [2.45, 2.75) is 33.3 Å². The summed E-state index contributed by atoms with van der Waals surface area (Å²) >= 11 is 5.85. The summed E-state index contributed by atoms with van der Waals surface area (Å²) in [5, 5.41) is 9.28. The van der Waals surface area contributed by atoms with Gasteiger partial charge in [-0.15, -0.1) is 0 Å². The highest BCUT2D eigenvalue weighted by atomic mass is 35.5. The van der Waals surface area contributed by atoms with E-state index in [9.17, 15) is 4.79 Å².